The van der Waals surface area contributed by atoms with Gasteiger partial charge in [-0.3, -0.25) is 4.57 Å². The molecule has 176 valence electrons. The summed E-state index contributed by atoms with van der Waals surface area (Å²) in [5.41, 5.74) is -1.38. The van der Waals surface area contributed by atoms with Gasteiger partial charge in [-0.05, 0) is 41.5 Å². The first-order valence-electron chi connectivity index (χ1n) is 10.3. The van der Waals surface area contributed by atoms with Crippen LogP contribution in [0.4, 0.5) is 0 Å². The summed E-state index contributed by atoms with van der Waals surface area (Å²) >= 11 is 0. The van der Waals surface area contributed by atoms with Gasteiger partial charge in [0.15, 0.2) is 6.10 Å². The van der Waals surface area contributed by atoms with Crippen molar-refractivity contribution in [2.75, 3.05) is 13.2 Å². The molecule has 0 aromatic carbocycles. The summed E-state index contributed by atoms with van der Waals surface area (Å²) in [6.07, 6.45) is -3.22. The molecule has 7 atom stereocenters. The summed E-state index contributed by atoms with van der Waals surface area (Å²) in [4.78, 5) is 25.0. The highest BCUT2D eigenvalue weighted by Crippen LogP contribution is 2.47. The highest BCUT2D eigenvalue weighted by atomic mass is 31.2. The van der Waals surface area contributed by atoms with E-state index in [-0.39, 0.29) is 37.4 Å². The summed E-state index contributed by atoms with van der Waals surface area (Å²) in [7, 11) is -5.08. The number of rotatable bonds is 10. The number of ether oxygens (including phenoxy) is 4. The Labute approximate surface area is 177 Å². The first-order chi connectivity index (χ1) is 13.9. The number of carbonyl (C=O) groups excluding carboxylic acids is 1. The van der Waals surface area contributed by atoms with Crippen LogP contribution in [0.1, 0.15) is 54.4 Å². The van der Waals surface area contributed by atoms with Crippen molar-refractivity contribution in [3.63, 3.8) is 0 Å². The van der Waals surface area contributed by atoms with Crippen molar-refractivity contribution >= 4 is 13.8 Å². The van der Waals surface area contributed by atoms with Crippen LogP contribution in [0.3, 0.4) is 0 Å². The number of aliphatic hydroxyl groups excluding tert-OH is 1. The molecule has 0 aliphatic carbocycles. The summed E-state index contributed by atoms with van der Waals surface area (Å²) in [5, 5.41) is 9.90. The zero-order chi connectivity index (χ0) is 22.7. The largest absolute Gasteiger partial charge is 0.746 e. The van der Waals surface area contributed by atoms with E-state index in [1.165, 1.54) is 0 Å². The van der Waals surface area contributed by atoms with Crippen LogP contribution < -0.4 is 4.89 Å². The lowest BCUT2D eigenvalue weighted by molar-refractivity contribution is -0.238. The van der Waals surface area contributed by atoms with Gasteiger partial charge in [0.1, 0.15) is 11.7 Å². The van der Waals surface area contributed by atoms with Gasteiger partial charge in [-0.2, -0.15) is 0 Å². The fraction of sp³-hybridized carbons (Fsp3) is 0.947. The van der Waals surface area contributed by atoms with E-state index in [0.717, 1.165) is 0 Å². The summed E-state index contributed by atoms with van der Waals surface area (Å²) in [6, 6.07) is 0. The van der Waals surface area contributed by atoms with E-state index in [0.29, 0.717) is 6.42 Å². The Balaban J connectivity index is 2.07. The second kappa shape index (κ2) is 10.4. The smallest absolute Gasteiger partial charge is 0.343 e. The quantitative estimate of drug-likeness (QED) is 0.483. The second-order valence-electron chi connectivity index (χ2n) is 8.52. The van der Waals surface area contributed by atoms with E-state index < -0.39 is 44.3 Å². The van der Waals surface area contributed by atoms with Gasteiger partial charge in [0.2, 0.25) is 0 Å². The molecular weight excluding hydrogens is 419 g/mol. The Hall–Kier alpha value is -0.580. The minimum atomic E-state index is -5.08. The lowest BCUT2D eigenvalue weighted by atomic mass is 9.98. The van der Waals surface area contributed by atoms with Gasteiger partial charge < -0.3 is 38.0 Å². The Morgan fingerprint density at radius 1 is 1.20 bits per heavy atom. The zero-order valence-electron chi connectivity index (χ0n) is 18.4. The highest BCUT2D eigenvalue weighted by Gasteiger charge is 2.51. The van der Waals surface area contributed by atoms with E-state index in [9.17, 15) is 19.4 Å². The molecule has 2 aliphatic rings. The third kappa shape index (κ3) is 6.71. The second-order valence-corrected chi connectivity index (χ2v) is 9.81. The Morgan fingerprint density at radius 2 is 1.87 bits per heavy atom. The molecule has 0 bridgehead atoms. The van der Waals surface area contributed by atoms with Crippen LogP contribution in [0.15, 0.2) is 0 Å². The maximum absolute atomic E-state index is 12.5. The van der Waals surface area contributed by atoms with Gasteiger partial charge >= 0.3 is 13.8 Å². The summed E-state index contributed by atoms with van der Waals surface area (Å²) in [5.74, 6) is -1.09. The van der Waals surface area contributed by atoms with Gasteiger partial charge in [0, 0.05) is 12.8 Å². The monoisotopic (exact) mass is 453 g/mol. The number of hydrogen-bond acceptors (Lipinski definition) is 10. The molecule has 7 unspecified atom stereocenters. The lowest BCUT2D eigenvalue weighted by Gasteiger charge is -2.36. The molecular formula is C19H34O10P-. The number of phosphoric ester groups is 1. The van der Waals surface area contributed by atoms with Crippen LogP contribution in [0.2, 0.25) is 0 Å². The normalized spacial score (nSPS) is 36.4. The Kier molecular flexibility index (Phi) is 8.87. The lowest BCUT2D eigenvalue weighted by Crippen LogP contribution is -2.49. The van der Waals surface area contributed by atoms with Gasteiger partial charge in [-0.15, -0.1) is 0 Å². The first kappa shape index (κ1) is 25.7. The van der Waals surface area contributed by atoms with Crippen LogP contribution in [-0.2, 0) is 37.4 Å². The molecule has 0 saturated carbocycles. The van der Waals surface area contributed by atoms with E-state index in [2.05, 4.69) is 0 Å². The number of hydrogen-bond donors (Lipinski definition) is 1. The third-order valence-corrected chi connectivity index (χ3v) is 5.83. The topological polar surface area (TPSA) is 133 Å². The average Bonchev–Trinajstić information content (AvgIpc) is 3.11. The minimum Gasteiger partial charge on any atom is -0.746 e. The number of aliphatic hydroxyl groups is 1. The first-order valence-corrected chi connectivity index (χ1v) is 11.8. The summed E-state index contributed by atoms with van der Waals surface area (Å²) in [6.45, 7) is 10.1. The molecule has 30 heavy (non-hydrogen) atoms. The molecule has 0 aromatic heterocycles. The van der Waals surface area contributed by atoms with Crippen molar-refractivity contribution in [1.82, 2.24) is 0 Å². The van der Waals surface area contributed by atoms with Crippen LogP contribution in [0, 0.1) is 0 Å². The van der Waals surface area contributed by atoms with E-state index in [1.54, 1.807) is 27.7 Å². The summed E-state index contributed by atoms with van der Waals surface area (Å²) < 4.78 is 44.8. The molecule has 0 spiro atoms. The molecule has 2 heterocycles. The Morgan fingerprint density at radius 3 is 2.43 bits per heavy atom. The molecule has 11 heteroatoms. The van der Waals surface area contributed by atoms with Gasteiger partial charge in [-0.25, -0.2) is 4.79 Å². The number of phosphoric acid groups is 1. The molecule has 0 radical (unpaired) electrons. The van der Waals surface area contributed by atoms with Gasteiger partial charge in [0.25, 0.3) is 0 Å². The highest BCUT2D eigenvalue weighted by molar-refractivity contribution is 7.46. The van der Waals surface area contributed by atoms with Crippen LogP contribution in [0.25, 0.3) is 0 Å². The SMILES string of the molecule is CC(C)OCC1(CO)OC(C)CC1OP(=O)([O-])OC(=O)C1OC(C)CC1OC(C)C. The van der Waals surface area contributed by atoms with Crippen molar-refractivity contribution in [1.29, 1.82) is 0 Å². The fourth-order valence-corrected chi connectivity index (χ4v) is 4.62. The number of carbonyl (C=O) groups is 1. The van der Waals surface area contributed by atoms with Crippen molar-refractivity contribution in [2.24, 2.45) is 0 Å². The molecule has 10 nitrogen and oxygen atoms in total. The molecule has 2 rings (SSSR count). The van der Waals surface area contributed by atoms with Crippen molar-refractivity contribution < 1.29 is 47.4 Å². The average molecular weight is 453 g/mol. The molecule has 2 saturated heterocycles. The third-order valence-electron chi connectivity index (χ3n) is 4.92. The molecule has 1 N–H and O–H groups in total. The standard InChI is InChI=1S/C19H35O10P/c1-11(2)24-10-19(9-20)16(8-14(6)27-19)28-30(22,23)29-18(21)17-15(25-12(3)4)7-13(5)26-17/h11-17,20H,7-10H2,1-6H3,(H,22,23)/p-1. The predicted octanol–water partition coefficient (Wildman–Crippen LogP) is 1.32. The fourth-order valence-electron chi connectivity index (χ4n) is 3.67. The van der Waals surface area contributed by atoms with Crippen LogP contribution in [-0.4, -0.2) is 72.6 Å². The van der Waals surface area contributed by atoms with Crippen molar-refractivity contribution in [3.8, 4) is 0 Å². The molecule has 2 aliphatic heterocycles. The van der Waals surface area contributed by atoms with E-state index in [1.807, 2.05) is 13.8 Å². The maximum Gasteiger partial charge on any atom is 0.343 e. The minimum absolute atomic E-state index is 0.0718. The van der Waals surface area contributed by atoms with Gasteiger partial charge in [-0.1, -0.05) is 0 Å². The van der Waals surface area contributed by atoms with E-state index >= 15 is 0 Å². The predicted molar refractivity (Wildman–Crippen MR) is 104 cm³/mol. The molecule has 0 aromatic rings. The zero-order valence-corrected chi connectivity index (χ0v) is 19.3. The Bertz CT molecular complexity index is 626. The van der Waals surface area contributed by atoms with Crippen molar-refractivity contribution in [3.05, 3.63) is 0 Å². The molecule has 2 fully saturated rings. The van der Waals surface area contributed by atoms with Crippen molar-refractivity contribution in [2.45, 2.75) is 103 Å². The van der Waals surface area contributed by atoms with E-state index in [4.69, 9.17) is 28.0 Å². The van der Waals surface area contributed by atoms with Gasteiger partial charge in [0.05, 0.1) is 43.7 Å². The van der Waals surface area contributed by atoms with Crippen LogP contribution >= 0.6 is 7.82 Å². The maximum atomic E-state index is 12.5. The van der Waals surface area contributed by atoms with Crippen LogP contribution in [0.5, 0.6) is 0 Å². The molecule has 0 amide bonds.